The maximum absolute atomic E-state index is 13.0. The van der Waals surface area contributed by atoms with Crippen LogP contribution in [0.1, 0.15) is 36.6 Å². The van der Waals surface area contributed by atoms with Crippen LogP contribution in [0.25, 0.3) is 11.1 Å². The van der Waals surface area contributed by atoms with E-state index in [0.717, 1.165) is 43.6 Å². The molecule has 2 fully saturated rings. The molecule has 2 saturated heterocycles. The van der Waals surface area contributed by atoms with Crippen molar-refractivity contribution >= 4 is 18.3 Å². The Labute approximate surface area is 167 Å². The number of benzene rings is 1. The second-order valence-electron chi connectivity index (χ2n) is 7.34. The fourth-order valence-corrected chi connectivity index (χ4v) is 4.08. The highest BCUT2D eigenvalue weighted by atomic mass is 35.5. The lowest BCUT2D eigenvalue weighted by Gasteiger charge is -2.23. The van der Waals surface area contributed by atoms with Gasteiger partial charge in [-0.3, -0.25) is 15.1 Å². The van der Waals surface area contributed by atoms with Crippen molar-refractivity contribution in [3.8, 4) is 11.1 Å². The summed E-state index contributed by atoms with van der Waals surface area (Å²) < 4.78 is 39.0. The van der Waals surface area contributed by atoms with Crippen LogP contribution in [0.4, 0.5) is 13.2 Å². The molecule has 2 atom stereocenters. The third kappa shape index (κ3) is 3.61. The molecule has 2 aliphatic heterocycles. The number of nitrogens with zero attached hydrogens (tertiary/aromatic N) is 2. The number of amides is 1. The fraction of sp³-hybridized carbons (Fsp3) is 0.400. The van der Waals surface area contributed by atoms with Crippen molar-refractivity contribution in [2.75, 3.05) is 13.6 Å². The Morgan fingerprint density at radius 2 is 1.93 bits per heavy atom. The summed E-state index contributed by atoms with van der Waals surface area (Å²) in [5.74, 6) is 0.110. The van der Waals surface area contributed by atoms with Crippen molar-refractivity contribution in [3.05, 3.63) is 53.9 Å². The number of rotatable bonds is 2. The standard InChI is InChI=1S/C20H20F3N3O.ClH/c1-26-10-8-19(18(26)27)7-5-16(25-19)17-12-14(6-9-24-17)13-3-2-4-15(11-13)20(21,22)23;/h2-4,6,9,11-12,16,25H,5,7-8,10H2,1H3;1H/t16-,19+;/m1./s1. The second-order valence-corrected chi connectivity index (χ2v) is 7.34. The zero-order valence-electron chi connectivity index (χ0n) is 15.3. The SMILES string of the molecule is CN1CC[C@@]2(CC[C@H](c3cc(-c4cccc(C(F)(F)F)c4)ccn3)N2)C1=O.Cl. The number of carbonyl (C=O) groups excluding carboxylic acids is 1. The van der Waals surface area contributed by atoms with E-state index in [-0.39, 0.29) is 24.4 Å². The van der Waals surface area contributed by atoms with E-state index in [4.69, 9.17) is 0 Å². The van der Waals surface area contributed by atoms with Crippen LogP contribution >= 0.6 is 12.4 Å². The molecule has 28 heavy (non-hydrogen) atoms. The van der Waals surface area contributed by atoms with Gasteiger partial charge in [0.25, 0.3) is 0 Å². The molecule has 2 aliphatic rings. The predicted molar refractivity (Wildman–Crippen MR) is 102 cm³/mol. The topological polar surface area (TPSA) is 45.2 Å². The predicted octanol–water partition coefficient (Wildman–Crippen LogP) is 4.21. The number of likely N-dealkylation sites (N-methyl/N-ethyl adjacent to an activating group) is 1. The molecule has 0 saturated carbocycles. The fourth-order valence-electron chi connectivity index (χ4n) is 4.08. The molecule has 8 heteroatoms. The Morgan fingerprint density at radius 1 is 1.18 bits per heavy atom. The molecule has 0 unspecified atom stereocenters. The van der Waals surface area contributed by atoms with Gasteiger partial charge in [-0.15, -0.1) is 12.4 Å². The van der Waals surface area contributed by atoms with Gasteiger partial charge in [-0.1, -0.05) is 12.1 Å². The second kappa shape index (κ2) is 7.37. The summed E-state index contributed by atoms with van der Waals surface area (Å²) in [6, 6.07) is 8.73. The number of aromatic nitrogens is 1. The minimum absolute atomic E-state index is 0. The van der Waals surface area contributed by atoms with Crippen molar-refractivity contribution in [1.29, 1.82) is 0 Å². The van der Waals surface area contributed by atoms with Crippen LogP contribution in [0, 0.1) is 0 Å². The third-order valence-corrected chi connectivity index (χ3v) is 5.60. The Hall–Kier alpha value is -2.12. The molecule has 4 rings (SSSR count). The normalized spacial score (nSPS) is 24.6. The van der Waals surface area contributed by atoms with Gasteiger partial charge in [0.2, 0.25) is 5.91 Å². The maximum Gasteiger partial charge on any atom is 0.416 e. The largest absolute Gasteiger partial charge is 0.416 e. The molecule has 150 valence electrons. The van der Waals surface area contributed by atoms with E-state index in [1.807, 2.05) is 6.07 Å². The third-order valence-electron chi connectivity index (χ3n) is 5.60. The highest BCUT2D eigenvalue weighted by molar-refractivity contribution is 5.88. The smallest absolute Gasteiger partial charge is 0.344 e. The van der Waals surface area contributed by atoms with Gasteiger partial charge >= 0.3 is 6.18 Å². The lowest BCUT2D eigenvalue weighted by Crippen LogP contribution is -2.47. The van der Waals surface area contributed by atoms with Gasteiger partial charge in [-0.05, 0) is 54.7 Å². The number of likely N-dealkylation sites (tertiary alicyclic amines) is 1. The van der Waals surface area contributed by atoms with Gasteiger partial charge in [-0.2, -0.15) is 13.2 Å². The molecular weight excluding hydrogens is 391 g/mol. The zero-order valence-corrected chi connectivity index (χ0v) is 16.1. The number of nitrogens with one attached hydrogen (secondary N) is 1. The first-order valence-electron chi connectivity index (χ1n) is 8.95. The van der Waals surface area contributed by atoms with Crippen LogP contribution in [-0.2, 0) is 11.0 Å². The van der Waals surface area contributed by atoms with Crippen molar-refractivity contribution in [2.24, 2.45) is 0 Å². The lowest BCUT2D eigenvalue weighted by atomic mass is 9.96. The molecule has 1 aromatic carbocycles. The average molecular weight is 412 g/mol. The van der Waals surface area contributed by atoms with Crippen molar-refractivity contribution < 1.29 is 18.0 Å². The van der Waals surface area contributed by atoms with Crippen molar-refractivity contribution in [1.82, 2.24) is 15.2 Å². The number of carbonyl (C=O) groups is 1. The van der Waals surface area contributed by atoms with Gasteiger partial charge < -0.3 is 4.90 Å². The molecule has 0 radical (unpaired) electrons. The summed E-state index contributed by atoms with van der Waals surface area (Å²) >= 11 is 0. The van der Waals surface area contributed by atoms with Gasteiger partial charge in [0.15, 0.2) is 0 Å². The van der Waals surface area contributed by atoms with Crippen LogP contribution in [0.2, 0.25) is 0 Å². The summed E-state index contributed by atoms with van der Waals surface area (Å²) in [6.45, 7) is 0.732. The number of hydrogen-bond acceptors (Lipinski definition) is 3. The van der Waals surface area contributed by atoms with Crippen molar-refractivity contribution in [3.63, 3.8) is 0 Å². The lowest BCUT2D eigenvalue weighted by molar-refractivity contribution is -0.137. The first-order chi connectivity index (χ1) is 12.8. The van der Waals surface area contributed by atoms with Crippen LogP contribution in [-0.4, -0.2) is 34.9 Å². The van der Waals surface area contributed by atoms with E-state index in [2.05, 4.69) is 10.3 Å². The van der Waals surface area contributed by atoms with Crippen LogP contribution in [0.3, 0.4) is 0 Å². The van der Waals surface area contributed by atoms with E-state index in [1.165, 1.54) is 6.07 Å². The molecule has 1 aromatic heterocycles. The van der Waals surface area contributed by atoms with E-state index >= 15 is 0 Å². The first-order valence-corrected chi connectivity index (χ1v) is 8.95. The molecule has 1 amide bonds. The number of hydrogen-bond donors (Lipinski definition) is 1. The Kier molecular flexibility index (Phi) is 5.42. The molecule has 2 aromatic rings. The van der Waals surface area contributed by atoms with E-state index in [1.54, 1.807) is 30.3 Å². The van der Waals surface area contributed by atoms with Crippen LogP contribution in [0.5, 0.6) is 0 Å². The number of halogens is 4. The van der Waals surface area contributed by atoms with Gasteiger partial charge in [-0.25, -0.2) is 0 Å². The first kappa shape index (κ1) is 20.6. The summed E-state index contributed by atoms with van der Waals surface area (Å²) in [4.78, 5) is 18.6. The molecule has 4 nitrogen and oxygen atoms in total. The van der Waals surface area contributed by atoms with Gasteiger partial charge in [0.1, 0.15) is 5.54 Å². The van der Waals surface area contributed by atoms with Crippen LogP contribution < -0.4 is 5.32 Å². The number of alkyl halides is 3. The summed E-state index contributed by atoms with van der Waals surface area (Å²) in [6.07, 6.45) is -0.471. The number of pyridine rings is 1. The summed E-state index contributed by atoms with van der Waals surface area (Å²) in [5, 5.41) is 3.44. The van der Waals surface area contributed by atoms with Crippen LogP contribution in [0.15, 0.2) is 42.6 Å². The Balaban J connectivity index is 0.00000225. The molecule has 0 bridgehead atoms. The minimum Gasteiger partial charge on any atom is -0.344 e. The average Bonchev–Trinajstić information content (AvgIpc) is 3.21. The van der Waals surface area contributed by atoms with E-state index in [9.17, 15) is 18.0 Å². The minimum atomic E-state index is -4.37. The maximum atomic E-state index is 13.0. The Bertz CT molecular complexity index is 889. The monoisotopic (exact) mass is 411 g/mol. The van der Waals surface area contributed by atoms with E-state index in [0.29, 0.717) is 11.1 Å². The van der Waals surface area contributed by atoms with Gasteiger partial charge in [0, 0.05) is 19.8 Å². The molecular formula is C20H21ClF3N3O. The summed E-state index contributed by atoms with van der Waals surface area (Å²) in [7, 11) is 1.80. The molecule has 1 N–H and O–H groups in total. The summed E-state index contributed by atoms with van der Waals surface area (Å²) in [5.41, 5.74) is 0.745. The molecule has 0 aliphatic carbocycles. The highest BCUT2D eigenvalue weighted by Gasteiger charge is 2.50. The molecule has 3 heterocycles. The highest BCUT2D eigenvalue weighted by Crippen LogP contribution is 2.39. The van der Waals surface area contributed by atoms with Gasteiger partial charge in [0.05, 0.1) is 17.3 Å². The zero-order chi connectivity index (χ0) is 19.2. The quantitative estimate of drug-likeness (QED) is 0.805. The van der Waals surface area contributed by atoms with E-state index < -0.39 is 17.3 Å². The molecule has 1 spiro atoms. The van der Waals surface area contributed by atoms with Crippen molar-refractivity contribution in [2.45, 2.75) is 37.0 Å². The Morgan fingerprint density at radius 3 is 2.61 bits per heavy atom.